The van der Waals surface area contributed by atoms with E-state index in [1.807, 2.05) is 43.9 Å². The van der Waals surface area contributed by atoms with Gasteiger partial charge in [-0.1, -0.05) is 23.7 Å². The molecule has 3 atom stereocenters. The van der Waals surface area contributed by atoms with Crippen LogP contribution in [-0.2, 0) is 9.53 Å². The third-order valence-electron chi connectivity index (χ3n) is 5.14. The van der Waals surface area contributed by atoms with E-state index in [0.717, 1.165) is 36.9 Å². The van der Waals surface area contributed by atoms with Crippen molar-refractivity contribution in [2.45, 2.75) is 39.0 Å². The van der Waals surface area contributed by atoms with Gasteiger partial charge in [0.1, 0.15) is 0 Å². The van der Waals surface area contributed by atoms with E-state index in [1.165, 1.54) is 0 Å². The highest BCUT2D eigenvalue weighted by atomic mass is 35.5. The number of morpholine rings is 1. The van der Waals surface area contributed by atoms with Crippen LogP contribution in [0.5, 0.6) is 0 Å². The minimum atomic E-state index is -0.0918. The number of benzene rings is 1. The first-order valence-electron chi connectivity index (χ1n) is 9.13. The van der Waals surface area contributed by atoms with Crippen LogP contribution in [0.3, 0.4) is 0 Å². The monoisotopic (exact) mass is 365 g/mol. The number of rotatable bonds is 3. The SMILES string of the molecule is C[C@@H]1CN(C(=O)[C@H](C)N2CCN(c3ccccc3Cl)CC2)C[C@@H](C)O1. The fourth-order valence-electron chi connectivity index (χ4n) is 3.84. The van der Waals surface area contributed by atoms with Gasteiger partial charge in [0.2, 0.25) is 5.91 Å². The number of para-hydroxylation sites is 1. The summed E-state index contributed by atoms with van der Waals surface area (Å²) in [5.41, 5.74) is 1.08. The van der Waals surface area contributed by atoms with Gasteiger partial charge in [0.05, 0.1) is 29.0 Å². The predicted molar refractivity (Wildman–Crippen MR) is 101 cm³/mol. The summed E-state index contributed by atoms with van der Waals surface area (Å²) in [6, 6.07) is 7.86. The Morgan fingerprint density at radius 2 is 1.72 bits per heavy atom. The fourth-order valence-corrected chi connectivity index (χ4v) is 4.09. The van der Waals surface area contributed by atoms with Crippen molar-refractivity contribution in [1.29, 1.82) is 0 Å². The number of halogens is 1. The Morgan fingerprint density at radius 3 is 2.32 bits per heavy atom. The lowest BCUT2D eigenvalue weighted by Gasteiger charge is -2.42. The third kappa shape index (κ3) is 4.27. The van der Waals surface area contributed by atoms with Crippen molar-refractivity contribution in [3.63, 3.8) is 0 Å². The molecule has 2 heterocycles. The molecule has 5 nitrogen and oxygen atoms in total. The Labute approximate surface area is 155 Å². The second-order valence-electron chi connectivity index (χ2n) is 7.15. The van der Waals surface area contributed by atoms with E-state index >= 15 is 0 Å². The van der Waals surface area contributed by atoms with Crippen molar-refractivity contribution >= 4 is 23.2 Å². The number of carbonyl (C=O) groups is 1. The van der Waals surface area contributed by atoms with Gasteiger partial charge in [0, 0.05) is 39.3 Å². The van der Waals surface area contributed by atoms with Gasteiger partial charge >= 0.3 is 0 Å². The van der Waals surface area contributed by atoms with Crippen molar-refractivity contribution < 1.29 is 9.53 Å². The molecule has 0 N–H and O–H groups in total. The molecule has 1 aromatic carbocycles. The van der Waals surface area contributed by atoms with Crippen molar-refractivity contribution in [1.82, 2.24) is 9.80 Å². The number of hydrogen-bond donors (Lipinski definition) is 0. The van der Waals surface area contributed by atoms with Crippen LogP contribution in [0.4, 0.5) is 5.69 Å². The van der Waals surface area contributed by atoms with Crippen LogP contribution >= 0.6 is 11.6 Å². The molecule has 1 aromatic rings. The van der Waals surface area contributed by atoms with E-state index in [4.69, 9.17) is 16.3 Å². The van der Waals surface area contributed by atoms with E-state index in [1.54, 1.807) is 0 Å². The van der Waals surface area contributed by atoms with Gasteiger partial charge in [-0.15, -0.1) is 0 Å². The number of piperazine rings is 1. The maximum Gasteiger partial charge on any atom is 0.239 e. The van der Waals surface area contributed by atoms with Crippen LogP contribution in [0.15, 0.2) is 24.3 Å². The average molecular weight is 366 g/mol. The van der Waals surface area contributed by atoms with Crippen LogP contribution < -0.4 is 4.90 Å². The first-order valence-corrected chi connectivity index (χ1v) is 9.51. The highest BCUT2D eigenvalue weighted by Crippen LogP contribution is 2.26. The summed E-state index contributed by atoms with van der Waals surface area (Å²) in [6.45, 7) is 11.0. The summed E-state index contributed by atoms with van der Waals surface area (Å²) in [4.78, 5) is 19.4. The molecule has 25 heavy (non-hydrogen) atoms. The molecule has 0 unspecified atom stereocenters. The average Bonchev–Trinajstić information content (AvgIpc) is 2.60. The Hall–Kier alpha value is -1.30. The Morgan fingerprint density at radius 1 is 1.12 bits per heavy atom. The van der Waals surface area contributed by atoms with Crippen molar-refractivity contribution in [2.75, 3.05) is 44.2 Å². The first kappa shape index (κ1) is 18.5. The topological polar surface area (TPSA) is 36.0 Å². The van der Waals surface area contributed by atoms with E-state index in [-0.39, 0.29) is 24.2 Å². The van der Waals surface area contributed by atoms with Crippen LogP contribution in [0.25, 0.3) is 0 Å². The Balaban J connectivity index is 1.57. The number of hydrogen-bond acceptors (Lipinski definition) is 4. The number of amides is 1. The second-order valence-corrected chi connectivity index (χ2v) is 7.56. The number of anilines is 1. The molecule has 1 amide bonds. The summed E-state index contributed by atoms with van der Waals surface area (Å²) < 4.78 is 5.74. The highest BCUT2D eigenvalue weighted by Gasteiger charge is 2.32. The number of ether oxygens (including phenoxy) is 1. The summed E-state index contributed by atoms with van der Waals surface area (Å²) in [7, 11) is 0. The maximum absolute atomic E-state index is 12.9. The zero-order valence-electron chi connectivity index (χ0n) is 15.3. The summed E-state index contributed by atoms with van der Waals surface area (Å²) in [5.74, 6) is 0.216. The van der Waals surface area contributed by atoms with Crippen molar-refractivity contribution in [3.05, 3.63) is 29.3 Å². The molecule has 138 valence electrons. The second kappa shape index (κ2) is 7.94. The molecule has 2 saturated heterocycles. The minimum absolute atomic E-state index is 0.0918. The highest BCUT2D eigenvalue weighted by molar-refractivity contribution is 6.33. The molecule has 0 saturated carbocycles. The van der Waals surface area contributed by atoms with E-state index in [9.17, 15) is 4.79 Å². The van der Waals surface area contributed by atoms with Gasteiger partial charge < -0.3 is 14.5 Å². The van der Waals surface area contributed by atoms with Crippen LogP contribution in [-0.4, -0.2) is 73.2 Å². The zero-order valence-corrected chi connectivity index (χ0v) is 16.1. The molecule has 0 aromatic heterocycles. The molecule has 2 aliphatic heterocycles. The van der Waals surface area contributed by atoms with Gasteiger partial charge in [-0.05, 0) is 32.9 Å². The van der Waals surface area contributed by atoms with Crippen molar-refractivity contribution in [2.24, 2.45) is 0 Å². The molecular formula is C19H28ClN3O2. The zero-order chi connectivity index (χ0) is 18.0. The molecule has 6 heteroatoms. The van der Waals surface area contributed by atoms with Crippen LogP contribution in [0.1, 0.15) is 20.8 Å². The standard InChI is InChI=1S/C19H28ClN3O2/c1-14-12-23(13-15(2)25-14)19(24)16(3)21-8-10-22(11-9-21)18-7-5-4-6-17(18)20/h4-7,14-16H,8-13H2,1-3H3/t14-,15-,16+/m1/s1. The molecule has 0 aliphatic carbocycles. The molecule has 3 rings (SSSR count). The summed E-state index contributed by atoms with van der Waals surface area (Å²) in [6.07, 6.45) is 0.217. The normalized spacial score (nSPS) is 26.6. The summed E-state index contributed by atoms with van der Waals surface area (Å²) >= 11 is 6.31. The van der Waals surface area contributed by atoms with Crippen LogP contribution in [0, 0.1) is 0 Å². The lowest BCUT2D eigenvalue weighted by molar-refractivity contribution is -0.148. The van der Waals surface area contributed by atoms with Gasteiger partial charge in [0.25, 0.3) is 0 Å². The molecule has 2 fully saturated rings. The minimum Gasteiger partial charge on any atom is -0.372 e. The quantitative estimate of drug-likeness (QED) is 0.824. The number of nitrogens with zero attached hydrogens (tertiary/aromatic N) is 3. The lowest BCUT2D eigenvalue weighted by atomic mass is 10.1. The predicted octanol–water partition coefficient (Wildman–Crippen LogP) is 2.49. The molecule has 0 spiro atoms. The van der Waals surface area contributed by atoms with E-state index in [0.29, 0.717) is 13.1 Å². The lowest BCUT2D eigenvalue weighted by Crippen LogP contribution is -2.57. The molecule has 0 bridgehead atoms. The summed E-state index contributed by atoms with van der Waals surface area (Å²) in [5, 5.41) is 0.788. The Bertz CT molecular complexity index is 594. The molecular weight excluding hydrogens is 338 g/mol. The third-order valence-corrected chi connectivity index (χ3v) is 5.46. The first-order chi connectivity index (χ1) is 12.0. The van der Waals surface area contributed by atoms with Crippen molar-refractivity contribution in [3.8, 4) is 0 Å². The number of carbonyl (C=O) groups excluding carboxylic acids is 1. The fraction of sp³-hybridized carbons (Fsp3) is 0.632. The molecule has 0 radical (unpaired) electrons. The van der Waals surface area contributed by atoms with Gasteiger partial charge in [-0.2, -0.15) is 0 Å². The van der Waals surface area contributed by atoms with Crippen LogP contribution in [0.2, 0.25) is 5.02 Å². The van der Waals surface area contributed by atoms with Gasteiger partial charge in [-0.25, -0.2) is 0 Å². The maximum atomic E-state index is 12.9. The van der Waals surface area contributed by atoms with E-state index in [2.05, 4.69) is 15.9 Å². The van der Waals surface area contributed by atoms with Gasteiger partial charge in [-0.3, -0.25) is 9.69 Å². The Kier molecular flexibility index (Phi) is 5.87. The smallest absolute Gasteiger partial charge is 0.239 e. The van der Waals surface area contributed by atoms with E-state index < -0.39 is 0 Å². The van der Waals surface area contributed by atoms with Gasteiger partial charge in [0.15, 0.2) is 0 Å². The largest absolute Gasteiger partial charge is 0.372 e. The molecule has 2 aliphatic rings.